The Morgan fingerprint density at radius 1 is 1.38 bits per heavy atom. The summed E-state index contributed by atoms with van der Waals surface area (Å²) in [6.45, 7) is 2.18. The molecule has 114 valence electrons. The summed E-state index contributed by atoms with van der Waals surface area (Å²) >= 11 is 0. The molecule has 6 nitrogen and oxygen atoms in total. The topological polar surface area (TPSA) is 79.5 Å². The lowest BCUT2D eigenvalue weighted by Crippen LogP contribution is -2.37. The molecule has 0 unspecified atom stereocenters. The van der Waals surface area contributed by atoms with E-state index in [-0.39, 0.29) is 24.2 Å². The third-order valence-electron chi connectivity index (χ3n) is 3.49. The molecule has 0 aromatic heterocycles. The van der Waals surface area contributed by atoms with Crippen LogP contribution < -0.4 is 20.7 Å². The first kappa shape index (κ1) is 15.6. The van der Waals surface area contributed by atoms with Gasteiger partial charge in [-0.25, -0.2) is 0 Å². The zero-order valence-electron chi connectivity index (χ0n) is 11.5. The van der Waals surface area contributed by atoms with Crippen molar-refractivity contribution >= 4 is 29.9 Å². The lowest BCUT2D eigenvalue weighted by Gasteiger charge is -2.13. The number of fused-ring (bicyclic) bond motifs is 1. The number of ether oxygens (including phenoxy) is 1. The van der Waals surface area contributed by atoms with Crippen molar-refractivity contribution in [3.05, 3.63) is 23.8 Å². The number of anilines is 1. The summed E-state index contributed by atoms with van der Waals surface area (Å²) in [5.41, 5.74) is 1.75. The second kappa shape index (κ2) is 6.78. The maximum absolute atomic E-state index is 12.0. The number of amides is 2. The van der Waals surface area contributed by atoms with Crippen LogP contribution in [0.5, 0.6) is 5.75 Å². The summed E-state index contributed by atoms with van der Waals surface area (Å²) in [5.74, 6) is 0.616. The van der Waals surface area contributed by atoms with Crippen LogP contribution in [0.25, 0.3) is 0 Å². The van der Waals surface area contributed by atoms with Crippen molar-refractivity contribution in [2.75, 3.05) is 18.5 Å². The molecule has 1 aromatic carbocycles. The van der Waals surface area contributed by atoms with Crippen molar-refractivity contribution in [1.29, 1.82) is 0 Å². The van der Waals surface area contributed by atoms with E-state index in [2.05, 4.69) is 16.0 Å². The van der Waals surface area contributed by atoms with E-state index in [1.54, 1.807) is 0 Å². The van der Waals surface area contributed by atoms with Gasteiger partial charge in [0.25, 0.3) is 0 Å². The molecule has 3 rings (SSSR count). The predicted octanol–water partition coefficient (Wildman–Crippen LogP) is 0.807. The number of halogens is 1. The SMILES string of the molecule is Cl.O=C1CC[C@H](C(=O)Nc2ccc3c(c2)CNCCO3)N1. The van der Waals surface area contributed by atoms with Crippen LogP contribution >= 0.6 is 12.4 Å². The molecule has 0 spiro atoms. The van der Waals surface area contributed by atoms with Gasteiger partial charge in [0.05, 0.1) is 0 Å². The van der Waals surface area contributed by atoms with E-state index < -0.39 is 6.04 Å². The van der Waals surface area contributed by atoms with Gasteiger partial charge in [-0.2, -0.15) is 0 Å². The number of hydrogen-bond acceptors (Lipinski definition) is 4. The first-order chi connectivity index (χ1) is 9.72. The van der Waals surface area contributed by atoms with Gasteiger partial charge >= 0.3 is 0 Å². The van der Waals surface area contributed by atoms with Crippen molar-refractivity contribution < 1.29 is 14.3 Å². The zero-order chi connectivity index (χ0) is 13.9. The fraction of sp³-hybridized carbons (Fsp3) is 0.429. The maximum atomic E-state index is 12.0. The maximum Gasteiger partial charge on any atom is 0.246 e. The number of rotatable bonds is 2. The Labute approximate surface area is 129 Å². The summed E-state index contributed by atoms with van der Waals surface area (Å²) in [6.07, 6.45) is 0.973. The molecule has 7 heteroatoms. The highest BCUT2D eigenvalue weighted by Crippen LogP contribution is 2.24. The highest BCUT2D eigenvalue weighted by atomic mass is 35.5. The van der Waals surface area contributed by atoms with Crippen molar-refractivity contribution in [2.24, 2.45) is 0 Å². The molecule has 2 aliphatic rings. The van der Waals surface area contributed by atoms with Gasteiger partial charge in [0.15, 0.2) is 0 Å². The summed E-state index contributed by atoms with van der Waals surface area (Å²) in [4.78, 5) is 23.1. The monoisotopic (exact) mass is 311 g/mol. The Balaban J connectivity index is 0.00000161. The zero-order valence-corrected chi connectivity index (χ0v) is 12.3. The van der Waals surface area contributed by atoms with Crippen LogP contribution in [0.15, 0.2) is 18.2 Å². The van der Waals surface area contributed by atoms with E-state index in [4.69, 9.17) is 4.74 Å². The molecule has 1 saturated heterocycles. The van der Waals surface area contributed by atoms with E-state index in [0.717, 1.165) is 30.1 Å². The summed E-state index contributed by atoms with van der Waals surface area (Å²) < 4.78 is 5.59. The fourth-order valence-corrected chi connectivity index (χ4v) is 2.43. The Bertz CT molecular complexity index is 550. The molecule has 2 amide bonds. The van der Waals surface area contributed by atoms with E-state index in [0.29, 0.717) is 19.4 Å². The van der Waals surface area contributed by atoms with Crippen LogP contribution in [-0.2, 0) is 16.1 Å². The molecule has 2 aliphatic heterocycles. The molecule has 2 heterocycles. The Hall–Kier alpha value is -1.79. The summed E-state index contributed by atoms with van der Waals surface area (Å²) in [7, 11) is 0. The molecule has 0 radical (unpaired) electrons. The van der Waals surface area contributed by atoms with E-state index in [1.165, 1.54) is 0 Å². The minimum Gasteiger partial charge on any atom is -0.492 e. The van der Waals surface area contributed by atoms with Gasteiger partial charge in [-0.3, -0.25) is 9.59 Å². The molecule has 1 fully saturated rings. The number of carbonyl (C=O) groups excluding carboxylic acids is 2. The molecule has 1 atom stereocenters. The quantitative estimate of drug-likeness (QED) is 0.755. The molecule has 1 aromatic rings. The third-order valence-corrected chi connectivity index (χ3v) is 3.49. The molecular weight excluding hydrogens is 294 g/mol. The largest absolute Gasteiger partial charge is 0.492 e. The summed E-state index contributed by atoms with van der Waals surface area (Å²) in [5, 5.41) is 8.75. The standard InChI is InChI=1S/C14H17N3O3.ClH/c18-13-4-2-11(17-13)14(19)16-10-1-3-12-9(7-10)8-15-5-6-20-12;/h1,3,7,11,15H,2,4-6,8H2,(H,16,19)(H,17,18);1H/t11-;/m1./s1. The van der Waals surface area contributed by atoms with Gasteiger partial charge in [0.2, 0.25) is 11.8 Å². The lowest BCUT2D eigenvalue weighted by atomic mass is 10.1. The van der Waals surface area contributed by atoms with Crippen LogP contribution in [0, 0.1) is 0 Å². The van der Waals surface area contributed by atoms with Crippen molar-refractivity contribution in [3.63, 3.8) is 0 Å². The molecule has 21 heavy (non-hydrogen) atoms. The van der Waals surface area contributed by atoms with Crippen LogP contribution in [0.2, 0.25) is 0 Å². The Morgan fingerprint density at radius 3 is 3.00 bits per heavy atom. The van der Waals surface area contributed by atoms with Crippen LogP contribution in [-0.4, -0.2) is 31.0 Å². The molecular formula is C14H18ClN3O3. The fourth-order valence-electron chi connectivity index (χ4n) is 2.43. The second-order valence-corrected chi connectivity index (χ2v) is 5.00. The van der Waals surface area contributed by atoms with E-state index >= 15 is 0 Å². The third kappa shape index (κ3) is 3.65. The average Bonchev–Trinajstić information content (AvgIpc) is 2.74. The van der Waals surface area contributed by atoms with E-state index in [9.17, 15) is 9.59 Å². The van der Waals surface area contributed by atoms with Crippen molar-refractivity contribution in [2.45, 2.75) is 25.4 Å². The predicted molar refractivity (Wildman–Crippen MR) is 80.7 cm³/mol. The van der Waals surface area contributed by atoms with Gasteiger partial charge in [0, 0.05) is 30.8 Å². The first-order valence-corrected chi connectivity index (χ1v) is 6.79. The summed E-state index contributed by atoms with van der Waals surface area (Å²) in [6, 6.07) is 5.17. The number of benzene rings is 1. The highest BCUT2D eigenvalue weighted by Gasteiger charge is 2.27. The van der Waals surface area contributed by atoms with Crippen LogP contribution in [0.4, 0.5) is 5.69 Å². The Morgan fingerprint density at radius 2 is 2.24 bits per heavy atom. The first-order valence-electron chi connectivity index (χ1n) is 6.79. The second-order valence-electron chi connectivity index (χ2n) is 5.00. The lowest BCUT2D eigenvalue weighted by molar-refractivity contribution is -0.122. The van der Waals surface area contributed by atoms with Gasteiger partial charge < -0.3 is 20.7 Å². The van der Waals surface area contributed by atoms with Crippen LogP contribution in [0.1, 0.15) is 18.4 Å². The average molecular weight is 312 g/mol. The molecule has 3 N–H and O–H groups in total. The minimum absolute atomic E-state index is 0. The number of nitrogens with one attached hydrogen (secondary N) is 3. The minimum atomic E-state index is -0.421. The number of hydrogen-bond donors (Lipinski definition) is 3. The van der Waals surface area contributed by atoms with Gasteiger partial charge in [-0.1, -0.05) is 0 Å². The highest BCUT2D eigenvalue weighted by molar-refractivity contribution is 5.99. The van der Waals surface area contributed by atoms with Crippen molar-refractivity contribution in [1.82, 2.24) is 10.6 Å². The molecule has 0 aliphatic carbocycles. The number of carbonyl (C=O) groups is 2. The van der Waals surface area contributed by atoms with Gasteiger partial charge in [-0.05, 0) is 24.6 Å². The Kier molecular flexibility index (Phi) is 5.03. The van der Waals surface area contributed by atoms with E-state index in [1.807, 2.05) is 18.2 Å². The normalized spacial score (nSPS) is 20.4. The molecule has 0 bridgehead atoms. The van der Waals surface area contributed by atoms with Crippen molar-refractivity contribution in [3.8, 4) is 5.75 Å². The molecule has 0 saturated carbocycles. The van der Waals surface area contributed by atoms with Gasteiger partial charge in [0.1, 0.15) is 18.4 Å². The van der Waals surface area contributed by atoms with Crippen LogP contribution in [0.3, 0.4) is 0 Å². The smallest absolute Gasteiger partial charge is 0.246 e. The van der Waals surface area contributed by atoms with Gasteiger partial charge in [-0.15, -0.1) is 12.4 Å².